The van der Waals surface area contributed by atoms with Crippen molar-refractivity contribution in [3.63, 3.8) is 0 Å². The molecule has 0 aliphatic rings. The maximum Gasteiger partial charge on any atom is 0.156 e. The quantitative estimate of drug-likeness (QED) is 0.588. The number of rotatable bonds is 6. The van der Waals surface area contributed by atoms with Crippen molar-refractivity contribution in [1.82, 2.24) is 0 Å². The molecule has 2 heteroatoms. The average molecular weight is 217 g/mol. The number of nitrogens with two attached hydrogens (primary N) is 1. The predicted molar refractivity (Wildman–Crippen MR) is 67.0 cm³/mol. The molecule has 1 atom stereocenters. The van der Waals surface area contributed by atoms with Crippen molar-refractivity contribution in [3.8, 4) is 0 Å². The predicted octanol–water partition coefficient (Wildman–Crippen LogP) is 2.79. The number of unbranched alkanes of at least 4 members (excludes halogenated alkanes) is 1. The van der Waals surface area contributed by atoms with Gasteiger partial charge in [0.2, 0.25) is 0 Å². The van der Waals surface area contributed by atoms with Crippen LogP contribution in [0.5, 0.6) is 0 Å². The van der Waals surface area contributed by atoms with Crippen molar-refractivity contribution in [1.29, 1.82) is 0 Å². The maximum atomic E-state index is 12.0. The first kappa shape index (κ1) is 12.7. The van der Waals surface area contributed by atoms with Crippen molar-refractivity contribution in [2.75, 3.05) is 0 Å². The van der Waals surface area contributed by atoms with Gasteiger partial charge in [0.05, 0.1) is 5.54 Å². The van der Waals surface area contributed by atoms with Crippen LogP contribution in [0.15, 0.2) is 43.0 Å². The molecule has 16 heavy (non-hydrogen) atoms. The van der Waals surface area contributed by atoms with Gasteiger partial charge >= 0.3 is 0 Å². The van der Waals surface area contributed by atoms with Gasteiger partial charge in [0.15, 0.2) is 5.78 Å². The highest BCUT2D eigenvalue weighted by molar-refractivity contribution is 5.88. The molecule has 1 aromatic carbocycles. The summed E-state index contributed by atoms with van der Waals surface area (Å²) in [6, 6.07) is 9.51. The van der Waals surface area contributed by atoms with Crippen molar-refractivity contribution < 1.29 is 4.79 Å². The van der Waals surface area contributed by atoms with Crippen molar-refractivity contribution >= 4 is 5.78 Å². The van der Waals surface area contributed by atoms with E-state index in [1.54, 1.807) is 6.92 Å². The Balaban J connectivity index is 2.70. The first-order valence-corrected chi connectivity index (χ1v) is 5.57. The monoisotopic (exact) mass is 217 g/mol. The lowest BCUT2D eigenvalue weighted by molar-refractivity contribution is -0.124. The van der Waals surface area contributed by atoms with Crippen LogP contribution in [-0.4, -0.2) is 5.78 Å². The minimum Gasteiger partial charge on any atom is -0.315 e. The van der Waals surface area contributed by atoms with Gasteiger partial charge in [-0.15, -0.1) is 6.58 Å². The van der Waals surface area contributed by atoms with Crippen molar-refractivity contribution in [2.24, 2.45) is 5.73 Å². The molecule has 0 aliphatic heterocycles. The highest BCUT2D eigenvalue weighted by atomic mass is 16.1. The number of hydrogen-bond acceptors (Lipinski definition) is 2. The summed E-state index contributed by atoms with van der Waals surface area (Å²) in [5, 5.41) is 0. The Morgan fingerprint density at radius 3 is 2.62 bits per heavy atom. The third-order valence-electron chi connectivity index (χ3n) is 2.76. The third kappa shape index (κ3) is 3.04. The molecule has 0 saturated heterocycles. The van der Waals surface area contributed by atoms with E-state index in [-0.39, 0.29) is 5.78 Å². The summed E-state index contributed by atoms with van der Waals surface area (Å²) in [5.74, 6) is 0.0838. The number of Topliss-reactive ketones (excluding diaryl/α,β-unsaturated/α-hetero) is 1. The summed E-state index contributed by atoms with van der Waals surface area (Å²) in [5.41, 5.74) is 6.09. The number of allylic oxidation sites excluding steroid dienone is 1. The molecule has 1 unspecified atom stereocenters. The largest absolute Gasteiger partial charge is 0.315 e. The lowest BCUT2D eigenvalue weighted by Crippen LogP contribution is -2.41. The van der Waals surface area contributed by atoms with Gasteiger partial charge in [0, 0.05) is 6.42 Å². The van der Waals surface area contributed by atoms with E-state index in [4.69, 9.17) is 5.73 Å². The van der Waals surface area contributed by atoms with Crippen molar-refractivity contribution in [2.45, 2.75) is 31.7 Å². The third-order valence-corrected chi connectivity index (χ3v) is 2.76. The molecular formula is C14H19NO. The summed E-state index contributed by atoms with van der Waals surface area (Å²) >= 11 is 0. The van der Waals surface area contributed by atoms with Gasteiger partial charge in [-0.2, -0.15) is 0 Å². The Bertz CT molecular complexity index is 354. The highest BCUT2D eigenvalue weighted by Gasteiger charge is 2.28. The van der Waals surface area contributed by atoms with Gasteiger partial charge in [-0.25, -0.2) is 0 Å². The number of ketones is 1. The fraction of sp³-hybridized carbons (Fsp3) is 0.357. The molecule has 0 aliphatic carbocycles. The second-order valence-electron chi connectivity index (χ2n) is 4.17. The topological polar surface area (TPSA) is 43.1 Å². The first-order valence-electron chi connectivity index (χ1n) is 5.57. The molecule has 0 spiro atoms. The zero-order valence-electron chi connectivity index (χ0n) is 9.78. The Morgan fingerprint density at radius 1 is 1.44 bits per heavy atom. The van der Waals surface area contributed by atoms with E-state index in [0.29, 0.717) is 6.42 Å². The summed E-state index contributed by atoms with van der Waals surface area (Å²) < 4.78 is 0. The fourth-order valence-corrected chi connectivity index (χ4v) is 1.61. The van der Waals surface area contributed by atoms with E-state index in [1.165, 1.54) is 0 Å². The maximum absolute atomic E-state index is 12.0. The highest BCUT2D eigenvalue weighted by Crippen LogP contribution is 2.20. The van der Waals surface area contributed by atoms with Crippen LogP contribution in [0.3, 0.4) is 0 Å². The number of hydrogen-bond donors (Lipinski definition) is 1. The second-order valence-corrected chi connectivity index (χ2v) is 4.17. The van der Waals surface area contributed by atoms with Crippen LogP contribution >= 0.6 is 0 Å². The zero-order valence-corrected chi connectivity index (χ0v) is 9.78. The van der Waals surface area contributed by atoms with Crippen LogP contribution in [0, 0.1) is 0 Å². The number of benzene rings is 1. The van der Waals surface area contributed by atoms with E-state index in [2.05, 4.69) is 6.58 Å². The minimum atomic E-state index is -0.873. The van der Waals surface area contributed by atoms with Crippen LogP contribution in [0.25, 0.3) is 0 Å². The van der Waals surface area contributed by atoms with E-state index in [1.807, 2.05) is 36.4 Å². The molecule has 0 fully saturated rings. The van der Waals surface area contributed by atoms with Gasteiger partial charge in [0.1, 0.15) is 0 Å². The fourth-order valence-electron chi connectivity index (χ4n) is 1.61. The first-order chi connectivity index (χ1) is 7.59. The molecule has 1 rings (SSSR count). The SMILES string of the molecule is C=CCCCC(=O)C(C)(N)c1ccccc1. The van der Waals surface area contributed by atoms with E-state index >= 15 is 0 Å². The number of carbonyl (C=O) groups is 1. The minimum absolute atomic E-state index is 0.0838. The molecule has 2 N–H and O–H groups in total. The lowest BCUT2D eigenvalue weighted by atomic mass is 9.86. The molecule has 0 bridgehead atoms. The van der Waals surface area contributed by atoms with Gasteiger partial charge in [-0.05, 0) is 25.3 Å². The molecule has 0 amide bonds. The van der Waals surface area contributed by atoms with Gasteiger partial charge < -0.3 is 5.73 Å². The number of carbonyl (C=O) groups excluding carboxylic acids is 1. The lowest BCUT2D eigenvalue weighted by Gasteiger charge is -2.23. The van der Waals surface area contributed by atoms with Gasteiger partial charge in [0.25, 0.3) is 0 Å². The van der Waals surface area contributed by atoms with E-state index in [9.17, 15) is 4.79 Å². The molecular weight excluding hydrogens is 198 g/mol. The summed E-state index contributed by atoms with van der Waals surface area (Å²) in [4.78, 5) is 12.0. The summed E-state index contributed by atoms with van der Waals surface area (Å²) in [6.07, 6.45) is 4.01. The molecule has 0 heterocycles. The van der Waals surface area contributed by atoms with Crippen LogP contribution in [0.2, 0.25) is 0 Å². The molecule has 0 aromatic heterocycles. The van der Waals surface area contributed by atoms with Crippen LogP contribution in [-0.2, 0) is 10.3 Å². The Kier molecular flexibility index (Phi) is 4.44. The van der Waals surface area contributed by atoms with Crippen LogP contribution in [0.1, 0.15) is 31.7 Å². The Labute approximate surface area is 97.2 Å². The summed E-state index contributed by atoms with van der Waals surface area (Å²) in [6.45, 7) is 5.41. The van der Waals surface area contributed by atoms with E-state index < -0.39 is 5.54 Å². The normalized spacial score (nSPS) is 14.1. The molecule has 86 valence electrons. The standard InChI is InChI=1S/C14H19NO/c1-3-4-6-11-13(16)14(2,15)12-9-7-5-8-10-12/h3,5,7-10H,1,4,6,11,15H2,2H3. The molecule has 1 aromatic rings. The van der Waals surface area contributed by atoms with Crippen LogP contribution < -0.4 is 5.73 Å². The van der Waals surface area contributed by atoms with Crippen molar-refractivity contribution in [3.05, 3.63) is 48.6 Å². The van der Waals surface area contributed by atoms with Gasteiger partial charge in [-0.3, -0.25) is 4.79 Å². The average Bonchev–Trinajstić information content (AvgIpc) is 2.30. The molecule has 0 saturated carbocycles. The van der Waals surface area contributed by atoms with Gasteiger partial charge in [-0.1, -0.05) is 36.4 Å². The molecule has 2 nitrogen and oxygen atoms in total. The summed E-state index contributed by atoms with van der Waals surface area (Å²) in [7, 11) is 0. The Hall–Kier alpha value is -1.41. The Morgan fingerprint density at radius 2 is 2.06 bits per heavy atom. The zero-order chi connectivity index (χ0) is 12.0. The smallest absolute Gasteiger partial charge is 0.156 e. The van der Waals surface area contributed by atoms with Crippen LogP contribution in [0.4, 0.5) is 0 Å². The second kappa shape index (κ2) is 5.61. The molecule has 0 radical (unpaired) electrons. The van der Waals surface area contributed by atoms with E-state index in [0.717, 1.165) is 18.4 Å².